The first-order valence-corrected chi connectivity index (χ1v) is 6.26. The lowest BCUT2D eigenvalue weighted by molar-refractivity contribution is 0.318. The highest BCUT2D eigenvalue weighted by molar-refractivity contribution is 7.99. The molecule has 0 atom stereocenters. The fourth-order valence-corrected chi connectivity index (χ4v) is 2.44. The summed E-state index contributed by atoms with van der Waals surface area (Å²) in [4.78, 5) is 5.87. The fraction of sp³-hybridized carbons (Fsp3) is 0. The van der Waals surface area contributed by atoms with Crippen LogP contribution in [0, 0.1) is 0 Å². The van der Waals surface area contributed by atoms with E-state index >= 15 is 0 Å². The lowest BCUT2D eigenvalue weighted by Gasteiger charge is -2.05. The first-order chi connectivity index (χ1) is 8.70. The number of aromatic nitrogens is 1. The number of nitrogens with two attached hydrogens (primary N) is 1. The minimum Gasteiger partial charge on any atom is -0.409 e. The Kier molecular flexibility index (Phi) is 4.07. The monoisotopic (exact) mass is 279 g/mol. The molecule has 0 spiro atoms. The maximum atomic E-state index is 8.61. The number of rotatable bonds is 3. The van der Waals surface area contributed by atoms with Crippen molar-refractivity contribution in [3.63, 3.8) is 0 Å². The molecule has 0 bridgehead atoms. The third-order valence-electron chi connectivity index (χ3n) is 2.17. The van der Waals surface area contributed by atoms with E-state index in [1.807, 2.05) is 30.3 Å². The van der Waals surface area contributed by atoms with Crippen LogP contribution >= 0.6 is 23.4 Å². The van der Waals surface area contributed by atoms with Crippen molar-refractivity contribution in [2.75, 3.05) is 0 Å². The van der Waals surface area contributed by atoms with Crippen LogP contribution in [-0.4, -0.2) is 16.0 Å². The third kappa shape index (κ3) is 2.94. The molecule has 0 saturated heterocycles. The zero-order valence-electron chi connectivity index (χ0n) is 9.25. The van der Waals surface area contributed by atoms with E-state index in [0.717, 1.165) is 9.79 Å². The Hall–Kier alpha value is -1.72. The molecule has 0 saturated carbocycles. The summed E-state index contributed by atoms with van der Waals surface area (Å²) in [5, 5.41) is 12.2. The van der Waals surface area contributed by atoms with Crippen LogP contribution in [0.2, 0.25) is 5.02 Å². The van der Waals surface area contributed by atoms with Crippen molar-refractivity contribution in [3.05, 3.63) is 53.3 Å². The average molecular weight is 280 g/mol. The number of hydrogen-bond acceptors (Lipinski definition) is 4. The molecule has 2 aromatic rings. The summed E-state index contributed by atoms with van der Waals surface area (Å²) >= 11 is 7.57. The molecule has 0 amide bonds. The van der Waals surface area contributed by atoms with Gasteiger partial charge >= 0.3 is 0 Å². The van der Waals surface area contributed by atoms with Crippen LogP contribution in [0.25, 0.3) is 0 Å². The maximum Gasteiger partial charge on any atom is 0.188 e. The van der Waals surface area contributed by atoms with Gasteiger partial charge in [0.05, 0.1) is 5.02 Å². The smallest absolute Gasteiger partial charge is 0.188 e. The first-order valence-electron chi connectivity index (χ1n) is 5.07. The van der Waals surface area contributed by atoms with Crippen molar-refractivity contribution in [1.82, 2.24) is 4.98 Å². The van der Waals surface area contributed by atoms with Gasteiger partial charge in [0.2, 0.25) is 0 Å². The highest BCUT2D eigenvalue weighted by atomic mass is 35.5. The molecule has 0 aliphatic carbocycles. The van der Waals surface area contributed by atoms with Gasteiger partial charge in [0.1, 0.15) is 5.69 Å². The average Bonchev–Trinajstić information content (AvgIpc) is 2.41. The summed E-state index contributed by atoms with van der Waals surface area (Å²) in [6.07, 6.45) is 1.60. The van der Waals surface area contributed by atoms with Crippen molar-refractivity contribution in [1.29, 1.82) is 0 Å². The minimum atomic E-state index is -0.0170. The van der Waals surface area contributed by atoms with Gasteiger partial charge in [0, 0.05) is 16.0 Å². The Bertz CT molecular complexity index is 589. The number of oxime groups is 1. The van der Waals surface area contributed by atoms with Crippen LogP contribution in [0.5, 0.6) is 0 Å². The predicted octanol–water partition coefficient (Wildman–Crippen LogP) is 2.98. The van der Waals surface area contributed by atoms with Gasteiger partial charge in [-0.15, -0.1) is 0 Å². The Morgan fingerprint density at radius 3 is 2.83 bits per heavy atom. The van der Waals surface area contributed by atoms with Crippen LogP contribution in [0.15, 0.2) is 57.5 Å². The van der Waals surface area contributed by atoms with Crippen LogP contribution in [0.3, 0.4) is 0 Å². The molecule has 0 aliphatic heterocycles. The number of benzene rings is 1. The molecule has 18 heavy (non-hydrogen) atoms. The highest BCUT2D eigenvalue weighted by Gasteiger charge is 2.05. The quantitative estimate of drug-likeness (QED) is 0.392. The molecule has 1 aromatic heterocycles. The molecule has 4 nitrogen and oxygen atoms in total. The van der Waals surface area contributed by atoms with Crippen LogP contribution in [0.1, 0.15) is 5.69 Å². The molecular weight excluding hydrogens is 270 g/mol. The number of hydrogen-bond donors (Lipinski definition) is 2. The van der Waals surface area contributed by atoms with Gasteiger partial charge in [-0.25, -0.2) is 0 Å². The molecule has 1 aromatic carbocycles. The van der Waals surface area contributed by atoms with E-state index in [4.69, 9.17) is 22.5 Å². The Morgan fingerprint density at radius 1 is 1.33 bits per heavy atom. The van der Waals surface area contributed by atoms with Crippen LogP contribution in [-0.2, 0) is 0 Å². The zero-order valence-corrected chi connectivity index (χ0v) is 10.8. The first kappa shape index (κ1) is 12.7. The van der Waals surface area contributed by atoms with E-state index in [1.165, 1.54) is 11.8 Å². The van der Waals surface area contributed by atoms with E-state index in [-0.39, 0.29) is 5.84 Å². The molecule has 3 N–H and O–H groups in total. The zero-order chi connectivity index (χ0) is 13.0. The van der Waals surface area contributed by atoms with Crippen molar-refractivity contribution < 1.29 is 5.21 Å². The summed E-state index contributed by atoms with van der Waals surface area (Å²) in [6, 6.07) is 11.1. The SMILES string of the molecule is NC(=NO)c1cc(Sc2ccccc2Cl)ccn1. The molecule has 0 unspecified atom stereocenters. The van der Waals surface area contributed by atoms with Gasteiger partial charge < -0.3 is 10.9 Å². The van der Waals surface area contributed by atoms with Gasteiger partial charge in [0.15, 0.2) is 5.84 Å². The van der Waals surface area contributed by atoms with Gasteiger partial charge in [-0.3, -0.25) is 4.98 Å². The van der Waals surface area contributed by atoms with E-state index in [1.54, 1.807) is 12.3 Å². The van der Waals surface area contributed by atoms with E-state index < -0.39 is 0 Å². The van der Waals surface area contributed by atoms with E-state index in [2.05, 4.69) is 10.1 Å². The molecule has 1 heterocycles. The second-order valence-corrected chi connectivity index (χ2v) is 4.92. The standard InChI is InChI=1S/C12H10ClN3OS/c13-9-3-1-2-4-11(9)18-8-5-6-15-10(7-8)12(14)16-17/h1-7,17H,(H2,14,16). The third-order valence-corrected chi connectivity index (χ3v) is 3.67. The summed E-state index contributed by atoms with van der Waals surface area (Å²) in [6.45, 7) is 0. The van der Waals surface area contributed by atoms with E-state index in [9.17, 15) is 0 Å². The van der Waals surface area contributed by atoms with Crippen LogP contribution in [0.4, 0.5) is 0 Å². The topological polar surface area (TPSA) is 71.5 Å². The van der Waals surface area contributed by atoms with E-state index in [0.29, 0.717) is 10.7 Å². The number of nitrogens with zero attached hydrogens (tertiary/aromatic N) is 2. The maximum absolute atomic E-state index is 8.61. The number of pyridine rings is 1. The molecule has 92 valence electrons. The lowest BCUT2D eigenvalue weighted by atomic mass is 10.3. The summed E-state index contributed by atoms with van der Waals surface area (Å²) in [5.74, 6) is -0.0170. The Balaban J connectivity index is 2.28. The van der Waals surface area contributed by atoms with Gasteiger partial charge in [0.25, 0.3) is 0 Å². The Morgan fingerprint density at radius 2 is 2.11 bits per heavy atom. The highest BCUT2D eigenvalue weighted by Crippen LogP contribution is 2.32. The molecular formula is C12H10ClN3OS. The van der Waals surface area contributed by atoms with Crippen LogP contribution < -0.4 is 5.73 Å². The largest absolute Gasteiger partial charge is 0.409 e. The summed E-state index contributed by atoms with van der Waals surface area (Å²) < 4.78 is 0. The van der Waals surface area contributed by atoms with Crippen molar-refractivity contribution in [3.8, 4) is 0 Å². The fourth-order valence-electron chi connectivity index (χ4n) is 1.32. The summed E-state index contributed by atoms with van der Waals surface area (Å²) in [7, 11) is 0. The summed E-state index contributed by atoms with van der Waals surface area (Å²) in [5.41, 5.74) is 5.91. The van der Waals surface area contributed by atoms with Gasteiger partial charge in [-0.1, -0.05) is 40.7 Å². The van der Waals surface area contributed by atoms with Gasteiger partial charge in [-0.05, 0) is 24.3 Å². The second kappa shape index (κ2) is 5.75. The lowest BCUT2D eigenvalue weighted by Crippen LogP contribution is -2.14. The molecule has 2 rings (SSSR count). The Labute approximate surface area is 113 Å². The van der Waals surface area contributed by atoms with Gasteiger partial charge in [-0.2, -0.15) is 0 Å². The molecule has 0 radical (unpaired) electrons. The normalized spacial score (nSPS) is 11.5. The van der Waals surface area contributed by atoms with Crippen molar-refractivity contribution in [2.24, 2.45) is 10.9 Å². The van der Waals surface area contributed by atoms with Crippen molar-refractivity contribution >= 4 is 29.2 Å². The molecule has 0 fully saturated rings. The molecule has 6 heteroatoms. The minimum absolute atomic E-state index is 0.0170. The number of halogens is 1. The predicted molar refractivity (Wildman–Crippen MR) is 72.3 cm³/mol. The second-order valence-electron chi connectivity index (χ2n) is 3.39. The number of amidine groups is 1. The molecule has 0 aliphatic rings. The van der Waals surface area contributed by atoms with Crippen molar-refractivity contribution in [2.45, 2.75) is 9.79 Å².